The Hall–Kier alpha value is -3.42. The van der Waals surface area contributed by atoms with Gasteiger partial charge in [0.05, 0.1) is 79.3 Å². The Kier molecular flexibility index (Phi) is 41.0. The number of aliphatic hydroxyl groups is 36. The molecule has 2 amide bonds. The van der Waals surface area contributed by atoms with Gasteiger partial charge in [0.25, 0.3) is 0 Å². The van der Waals surface area contributed by atoms with Crippen molar-refractivity contribution in [3.05, 3.63) is 0 Å². The molecule has 0 aromatic rings. The van der Waals surface area contributed by atoms with Gasteiger partial charge in [-0.25, -0.2) is 0 Å². The fraction of sp³-hybridized carbons (Fsp3) is 0.974. The van der Waals surface area contributed by atoms with Gasteiger partial charge in [0, 0.05) is 13.8 Å². The maximum absolute atomic E-state index is 13.1. The van der Waals surface area contributed by atoms with Crippen LogP contribution in [0.4, 0.5) is 0 Å². The smallest absolute Gasteiger partial charge is 0.217 e. The van der Waals surface area contributed by atoms with Crippen LogP contribution >= 0.6 is 0 Å². The number of hydrogen-bond acceptors (Lipinski definition) is 61. The number of carbonyl (C=O) groups excluding carboxylic acids is 2. The molecule has 139 heavy (non-hydrogen) atoms. The molecule has 0 aromatic heterocycles. The van der Waals surface area contributed by atoms with Crippen LogP contribution in [0.25, 0.3) is 0 Å². The third kappa shape index (κ3) is 24.5. The number of carbonyl (C=O) groups is 2. The van der Waals surface area contributed by atoms with Crippen LogP contribution in [0.2, 0.25) is 0 Å². The molecule has 0 aliphatic carbocycles. The van der Waals surface area contributed by atoms with E-state index in [0.717, 1.165) is 13.8 Å². The molecule has 0 radical (unpaired) electrons. The molecule has 38 N–H and O–H groups in total. The van der Waals surface area contributed by atoms with Gasteiger partial charge in [-0.15, -0.1) is 0 Å². The monoisotopic (exact) mass is 2040 g/mol. The van der Waals surface area contributed by atoms with E-state index in [-0.39, 0.29) is 0 Å². The van der Waals surface area contributed by atoms with Crippen LogP contribution in [0.1, 0.15) is 13.8 Å². The van der Waals surface area contributed by atoms with Crippen molar-refractivity contribution in [3.63, 3.8) is 0 Å². The molecule has 0 bridgehead atoms. The van der Waals surface area contributed by atoms with Gasteiger partial charge < -0.3 is 303 Å². The van der Waals surface area contributed by atoms with Crippen molar-refractivity contribution < 1.29 is 302 Å². The average Bonchev–Trinajstić information content (AvgIpc) is 0.769. The highest BCUT2D eigenvalue weighted by Crippen LogP contribution is 2.43. The first-order valence-electron chi connectivity index (χ1n) is 44.2. The second-order valence-electron chi connectivity index (χ2n) is 35.2. The van der Waals surface area contributed by atoms with Gasteiger partial charge in [-0.1, -0.05) is 0 Å². The summed E-state index contributed by atoms with van der Waals surface area (Å²) in [5, 5.41) is 408. The van der Waals surface area contributed by atoms with E-state index < -0.39 is 459 Å². The van der Waals surface area contributed by atoms with Gasteiger partial charge in [0.2, 0.25) is 11.8 Å². The highest BCUT2D eigenvalue weighted by Gasteiger charge is 2.64. The third-order valence-corrected chi connectivity index (χ3v) is 25.9. The largest absolute Gasteiger partial charge is 0.394 e. The third-order valence-electron chi connectivity index (χ3n) is 25.9. The lowest BCUT2D eigenvalue weighted by Crippen LogP contribution is -2.70. The Balaban J connectivity index is 0.878. The summed E-state index contributed by atoms with van der Waals surface area (Å²) in [4.78, 5) is 25.3. The molecular formula is C76H128N2O61. The van der Waals surface area contributed by atoms with Crippen molar-refractivity contribution in [1.29, 1.82) is 0 Å². The SMILES string of the molecule is CC(=O)N[C@@H]1[C@@H](O)[C@H](O[C@@H]2O[C@H](CO)[C@@H](O[C@@H]3O[C@H](CO[C@H]4O[C@H](CO[C@H]5O[C@H](CO)[C@@H](O)[C@H](O)[C@@H]5O)[C@@H](O)[C@H](O[C@H]5O[C@H](CO)[C@@H](O)[C@H](O)[C@@H]5O[C@H]5O[C@H](CO)[C@@H](O)[C@H](O)[C@@H]5O[C@H]5O[C@H](CO)[C@@H](O)[C@H](O)[C@@H]5O[C@H]5O[C@H](CO)[C@@H](O)[C@H](O)[C@@H]5O[C@H]5O[C@H](CO)[C@@H](O)[C@H](O)[C@@H]5O)[C@@H]4O)[C@@H](O)[C@H](O[C@H]4O[C@H](CO)[C@@H](O)[C@H](O)[C@@H]4O[C@H]4O[C@H](CO)[C@@H](O)[C@H](O)[C@@H]4O)[C@@H]3O)[C@H](O)[C@H]2NC(C)=O)[C@@H](CO)O[C@H]1O. The molecular weight excluding hydrogens is 1920 g/mol. The Labute approximate surface area is 784 Å². The summed E-state index contributed by atoms with van der Waals surface area (Å²) in [6.07, 6.45) is -131. The van der Waals surface area contributed by atoms with E-state index in [1.807, 2.05) is 0 Å². The predicted octanol–water partition coefficient (Wildman–Crippen LogP) is -26.9. The quantitative estimate of drug-likeness (QED) is 0.0277. The lowest BCUT2D eigenvalue weighted by atomic mass is 9.94. The van der Waals surface area contributed by atoms with E-state index in [4.69, 9.17) is 109 Å². The van der Waals surface area contributed by atoms with E-state index >= 15 is 0 Å². The molecule has 63 nitrogen and oxygen atoms in total. The van der Waals surface area contributed by atoms with Crippen LogP contribution in [0, 0.1) is 0 Å². The van der Waals surface area contributed by atoms with Crippen molar-refractivity contribution >= 4 is 11.8 Å². The second kappa shape index (κ2) is 49.8. The van der Waals surface area contributed by atoms with Gasteiger partial charge in [0.1, 0.15) is 293 Å². The lowest BCUT2D eigenvalue weighted by molar-refractivity contribution is -0.417. The molecule has 12 fully saturated rings. The Morgan fingerprint density at radius 3 is 0.698 bits per heavy atom. The first kappa shape index (κ1) is 114. The van der Waals surface area contributed by atoms with Gasteiger partial charge >= 0.3 is 0 Å². The van der Waals surface area contributed by atoms with E-state index in [9.17, 15) is 193 Å². The summed E-state index contributed by atoms with van der Waals surface area (Å²) >= 11 is 0. The Bertz CT molecular complexity index is 3730. The van der Waals surface area contributed by atoms with Crippen LogP contribution < -0.4 is 10.6 Å². The summed E-state index contributed by atoms with van der Waals surface area (Å²) < 4.78 is 136. The lowest BCUT2D eigenvalue weighted by Gasteiger charge is -2.51. The van der Waals surface area contributed by atoms with E-state index in [1.165, 1.54) is 0 Å². The number of hydrogen-bond donors (Lipinski definition) is 38. The first-order valence-corrected chi connectivity index (χ1v) is 44.2. The van der Waals surface area contributed by atoms with Gasteiger partial charge in [0.15, 0.2) is 75.5 Å². The molecule has 0 saturated carbocycles. The zero-order chi connectivity index (χ0) is 102. The molecule has 12 aliphatic rings. The summed E-state index contributed by atoms with van der Waals surface area (Å²) in [6.45, 7) is -12.3. The molecule has 0 unspecified atom stereocenters. The number of amides is 2. The molecule has 0 spiro atoms. The second-order valence-corrected chi connectivity index (χ2v) is 35.2. The maximum Gasteiger partial charge on any atom is 0.217 e. The van der Waals surface area contributed by atoms with E-state index in [0.29, 0.717) is 0 Å². The topological polar surface area (TPSA) is 999 Å². The fourth-order valence-corrected chi connectivity index (χ4v) is 17.9. The molecule has 12 heterocycles. The van der Waals surface area contributed by atoms with Crippen LogP contribution in [0.3, 0.4) is 0 Å². The number of nitrogens with one attached hydrogen (secondary N) is 2. The molecule has 808 valence electrons. The van der Waals surface area contributed by atoms with Gasteiger partial charge in [-0.2, -0.15) is 0 Å². The minimum absolute atomic E-state index is 0.824. The summed E-state index contributed by atoms with van der Waals surface area (Å²) in [7, 11) is 0. The van der Waals surface area contributed by atoms with Crippen molar-refractivity contribution in [1.82, 2.24) is 10.6 Å². The number of ether oxygens (including phenoxy) is 23. The minimum atomic E-state index is -2.69. The summed E-state index contributed by atoms with van der Waals surface area (Å²) in [5.74, 6) is -1.82. The van der Waals surface area contributed by atoms with E-state index in [1.54, 1.807) is 0 Å². The van der Waals surface area contributed by atoms with Gasteiger partial charge in [-0.3, -0.25) is 9.59 Å². The molecule has 12 aliphatic heterocycles. The van der Waals surface area contributed by atoms with E-state index in [2.05, 4.69) is 10.6 Å². The van der Waals surface area contributed by atoms with Crippen molar-refractivity contribution in [2.24, 2.45) is 0 Å². The highest BCUT2D eigenvalue weighted by molar-refractivity contribution is 5.73. The highest BCUT2D eigenvalue weighted by atomic mass is 16.8. The van der Waals surface area contributed by atoms with Crippen LogP contribution in [0.5, 0.6) is 0 Å². The standard InChI is InChI=1S/C76H128N2O61/c1-15(89)77-29-41(101)56(25(11-87)119-65(29)116)131-66-30(78-16(2)90)42(102)57(26(12-88)128-66)132-71-55(115)59(134-72-60(46(106)34(94)20(6-82)123-72)135-69-52(112)44(104)32(92)18(4-80)121-69)40(100)28(130-71)14-118-68-54(114)58(39(99)27(129-68)13-117-67-51(111)43(103)31(91)17(3-79)120-67)133-73-62(48(108)36(96)21(7-83)124-73)137-75-64(50(110)38(98)23(9-85)126-75)139-76-63(49(109)37(97)24(10-86)127-76)138-74-61(47(107)35(95)22(8-84)125-74)136-70-53(113)45(105)33(93)19(5-81)122-70/h17-76,79-88,91-116H,3-14H2,1-2H3,(H,77,89)(H,78,90)/t17-,18-,19-,20-,21-,22-,23-,24-,25-,26-,27-,28-,29-,30-,31-,32-,33-,34-,35-,36-,37-,38-,39-,40-,41-,42-,43+,44+,45+,46+,47+,48+,49+,50+,51+,52+,53+,54+,55+,56-,57-,58+,59+,60+,61+,62+,63+,64+,65-,66+,67+,68+,69-,70-,71+,72-,73-,74-,75-,76-/m1/s1. The van der Waals surface area contributed by atoms with Crippen LogP contribution in [-0.4, -0.2) is 643 Å². The van der Waals surface area contributed by atoms with Crippen molar-refractivity contribution in [2.75, 3.05) is 79.3 Å². The number of aliphatic hydroxyl groups excluding tert-OH is 36. The molecule has 12 saturated heterocycles. The molecule has 12 rings (SSSR count). The zero-order valence-corrected chi connectivity index (χ0v) is 73.4. The summed E-state index contributed by atoms with van der Waals surface area (Å²) in [6, 6.07) is -3.69. The Morgan fingerprint density at radius 2 is 0.388 bits per heavy atom. The average molecular weight is 2050 g/mol. The zero-order valence-electron chi connectivity index (χ0n) is 73.4. The normalized spacial score (nSPS) is 51.9. The number of rotatable bonds is 36. The predicted molar refractivity (Wildman–Crippen MR) is 418 cm³/mol. The minimum Gasteiger partial charge on any atom is -0.394 e. The van der Waals surface area contributed by atoms with Crippen LogP contribution in [0.15, 0.2) is 0 Å². The molecule has 63 heteroatoms. The van der Waals surface area contributed by atoms with Crippen molar-refractivity contribution in [2.45, 2.75) is 382 Å². The van der Waals surface area contributed by atoms with Gasteiger partial charge in [-0.05, 0) is 0 Å². The molecule has 60 atom stereocenters. The Morgan fingerprint density at radius 1 is 0.187 bits per heavy atom. The molecule has 0 aromatic carbocycles. The first-order chi connectivity index (χ1) is 65.9. The van der Waals surface area contributed by atoms with Crippen molar-refractivity contribution in [3.8, 4) is 0 Å². The summed E-state index contributed by atoms with van der Waals surface area (Å²) in [5.41, 5.74) is 0. The maximum atomic E-state index is 13.1. The fourth-order valence-electron chi connectivity index (χ4n) is 17.9. The van der Waals surface area contributed by atoms with Crippen LogP contribution in [-0.2, 0) is 119 Å².